The molecule has 0 saturated heterocycles. The average Bonchev–Trinajstić information content (AvgIpc) is 3.46. The van der Waals surface area contributed by atoms with Crippen molar-refractivity contribution < 1.29 is 8.94 Å². The summed E-state index contributed by atoms with van der Waals surface area (Å²) in [5.41, 5.74) is 2.22. The Balaban J connectivity index is 1.35. The molecule has 0 aliphatic heterocycles. The number of aromatic nitrogens is 5. The van der Waals surface area contributed by atoms with Crippen LogP contribution in [0.5, 0.6) is 0 Å². The van der Waals surface area contributed by atoms with Gasteiger partial charge >= 0.3 is 0 Å². The Labute approximate surface area is 166 Å². The summed E-state index contributed by atoms with van der Waals surface area (Å²) in [6, 6.07) is 12.0. The molecular formula is C20H19N5O2S. The van der Waals surface area contributed by atoms with Crippen molar-refractivity contribution in [3.63, 3.8) is 0 Å². The molecule has 0 aliphatic rings. The first-order valence-corrected chi connectivity index (χ1v) is 9.90. The summed E-state index contributed by atoms with van der Waals surface area (Å²) in [6.07, 6.45) is 4.67. The standard InChI is InChI=1S/C20H19N5O2S/c1-3-14-5-7-15(8-6-14)19-22-18(27-25-19)12-28-20-21-17(23-24-20)11-10-16-9-4-13(2)26-16/h4-11H,3,12H2,1-2H3,(H,21,23,24)/b11-10+. The molecule has 0 saturated carbocycles. The van der Waals surface area contributed by atoms with E-state index in [1.54, 1.807) is 0 Å². The van der Waals surface area contributed by atoms with Gasteiger partial charge in [-0.3, -0.25) is 5.10 Å². The first-order valence-electron chi connectivity index (χ1n) is 8.91. The van der Waals surface area contributed by atoms with Crippen LogP contribution >= 0.6 is 11.8 Å². The third-order valence-electron chi connectivity index (χ3n) is 4.06. The van der Waals surface area contributed by atoms with Gasteiger partial charge in [-0.15, -0.1) is 5.10 Å². The van der Waals surface area contributed by atoms with Crippen molar-refractivity contribution in [3.8, 4) is 11.4 Å². The van der Waals surface area contributed by atoms with Crippen LogP contribution in [0.25, 0.3) is 23.5 Å². The van der Waals surface area contributed by atoms with E-state index in [4.69, 9.17) is 8.94 Å². The number of H-pyrrole nitrogens is 1. The number of aromatic amines is 1. The summed E-state index contributed by atoms with van der Waals surface area (Å²) in [5, 5.41) is 11.7. The van der Waals surface area contributed by atoms with Crippen LogP contribution in [0.3, 0.4) is 0 Å². The summed E-state index contributed by atoms with van der Waals surface area (Å²) in [6.45, 7) is 4.03. The number of nitrogens with zero attached hydrogens (tertiary/aromatic N) is 4. The Morgan fingerprint density at radius 2 is 1.93 bits per heavy atom. The highest BCUT2D eigenvalue weighted by Gasteiger charge is 2.11. The van der Waals surface area contributed by atoms with Gasteiger partial charge < -0.3 is 8.94 Å². The predicted octanol–water partition coefficient (Wildman–Crippen LogP) is 4.78. The summed E-state index contributed by atoms with van der Waals surface area (Å²) in [5.74, 6) is 3.91. The average molecular weight is 393 g/mol. The van der Waals surface area contributed by atoms with Gasteiger partial charge in [-0.1, -0.05) is 48.1 Å². The molecule has 0 unspecified atom stereocenters. The van der Waals surface area contributed by atoms with Gasteiger partial charge in [0.1, 0.15) is 17.3 Å². The summed E-state index contributed by atoms with van der Waals surface area (Å²) in [4.78, 5) is 8.85. The van der Waals surface area contributed by atoms with Crippen molar-refractivity contribution in [1.29, 1.82) is 0 Å². The number of aryl methyl sites for hydroxylation is 2. The van der Waals surface area contributed by atoms with E-state index in [0.717, 1.165) is 23.5 Å². The van der Waals surface area contributed by atoms with Crippen molar-refractivity contribution in [1.82, 2.24) is 25.3 Å². The smallest absolute Gasteiger partial charge is 0.237 e. The second kappa shape index (κ2) is 8.26. The fraction of sp³-hybridized carbons (Fsp3) is 0.200. The van der Waals surface area contributed by atoms with Gasteiger partial charge in [0.15, 0.2) is 0 Å². The minimum absolute atomic E-state index is 0.498. The van der Waals surface area contributed by atoms with E-state index >= 15 is 0 Å². The number of hydrogen-bond donors (Lipinski definition) is 1. The maximum atomic E-state index is 5.49. The molecule has 28 heavy (non-hydrogen) atoms. The Bertz CT molecular complexity index is 1080. The van der Waals surface area contributed by atoms with Gasteiger partial charge in [0.25, 0.3) is 0 Å². The highest BCUT2D eigenvalue weighted by molar-refractivity contribution is 7.98. The van der Waals surface area contributed by atoms with Crippen molar-refractivity contribution in [2.75, 3.05) is 0 Å². The first kappa shape index (κ1) is 18.2. The molecule has 142 valence electrons. The van der Waals surface area contributed by atoms with Gasteiger partial charge in [0, 0.05) is 5.56 Å². The van der Waals surface area contributed by atoms with Crippen LogP contribution in [-0.2, 0) is 12.2 Å². The zero-order valence-corrected chi connectivity index (χ0v) is 16.4. The van der Waals surface area contributed by atoms with Crippen LogP contribution < -0.4 is 0 Å². The van der Waals surface area contributed by atoms with Gasteiger partial charge in [-0.05, 0) is 43.2 Å². The number of benzene rings is 1. The Hall–Kier alpha value is -3.13. The third kappa shape index (κ3) is 4.40. The normalized spacial score (nSPS) is 11.5. The lowest BCUT2D eigenvalue weighted by Gasteiger charge is -1.97. The molecule has 1 aromatic carbocycles. The molecule has 3 aromatic heterocycles. The minimum Gasteiger partial charge on any atom is -0.462 e. The van der Waals surface area contributed by atoms with Gasteiger partial charge in [-0.2, -0.15) is 4.98 Å². The molecule has 0 atom stereocenters. The molecule has 0 bridgehead atoms. The molecule has 0 fully saturated rings. The molecule has 8 heteroatoms. The lowest BCUT2D eigenvalue weighted by Crippen LogP contribution is -1.85. The fourth-order valence-electron chi connectivity index (χ4n) is 2.55. The second-order valence-electron chi connectivity index (χ2n) is 6.14. The van der Waals surface area contributed by atoms with Crippen LogP contribution in [0.2, 0.25) is 0 Å². The number of thioether (sulfide) groups is 1. The topological polar surface area (TPSA) is 93.6 Å². The molecule has 4 rings (SSSR count). The molecule has 1 N–H and O–H groups in total. The van der Waals surface area contributed by atoms with Gasteiger partial charge in [0.05, 0.1) is 5.75 Å². The first-order chi connectivity index (χ1) is 13.7. The molecule has 0 aliphatic carbocycles. The summed E-state index contributed by atoms with van der Waals surface area (Å²) in [7, 11) is 0. The highest BCUT2D eigenvalue weighted by Crippen LogP contribution is 2.22. The Kier molecular flexibility index (Phi) is 5.38. The number of hydrogen-bond acceptors (Lipinski definition) is 7. The molecule has 3 heterocycles. The van der Waals surface area contributed by atoms with Crippen molar-refractivity contribution in [3.05, 3.63) is 65.2 Å². The SMILES string of the molecule is CCc1ccc(-c2noc(CSc3n[nH]c(/C=C/c4ccc(C)o4)n3)n2)cc1. The minimum atomic E-state index is 0.498. The van der Waals surface area contributed by atoms with Crippen LogP contribution in [0.4, 0.5) is 0 Å². The Morgan fingerprint density at radius 3 is 2.68 bits per heavy atom. The third-order valence-corrected chi connectivity index (χ3v) is 4.89. The van der Waals surface area contributed by atoms with E-state index in [1.807, 2.05) is 43.3 Å². The van der Waals surface area contributed by atoms with E-state index in [-0.39, 0.29) is 0 Å². The molecule has 0 spiro atoms. The monoisotopic (exact) mass is 393 g/mol. The fourth-order valence-corrected chi connectivity index (χ4v) is 3.19. The number of nitrogens with one attached hydrogen (secondary N) is 1. The van der Waals surface area contributed by atoms with Crippen LogP contribution in [0.1, 0.15) is 35.7 Å². The van der Waals surface area contributed by atoms with Crippen molar-refractivity contribution in [2.24, 2.45) is 0 Å². The second-order valence-corrected chi connectivity index (χ2v) is 7.08. The Morgan fingerprint density at radius 1 is 1.07 bits per heavy atom. The van der Waals surface area contributed by atoms with Crippen LogP contribution in [0.15, 0.2) is 50.5 Å². The van der Waals surface area contributed by atoms with Gasteiger partial charge in [0.2, 0.25) is 16.9 Å². The highest BCUT2D eigenvalue weighted by atomic mass is 32.2. The molecule has 0 amide bonds. The number of furan rings is 1. The van der Waals surface area contributed by atoms with Crippen LogP contribution in [0, 0.1) is 6.92 Å². The van der Waals surface area contributed by atoms with Gasteiger partial charge in [-0.25, -0.2) is 4.98 Å². The quantitative estimate of drug-likeness (QED) is 0.452. The summed E-state index contributed by atoms with van der Waals surface area (Å²) >= 11 is 1.43. The largest absolute Gasteiger partial charge is 0.462 e. The van der Waals surface area contributed by atoms with E-state index in [1.165, 1.54) is 17.3 Å². The van der Waals surface area contributed by atoms with E-state index in [2.05, 4.69) is 44.4 Å². The van der Waals surface area contributed by atoms with Crippen molar-refractivity contribution >= 4 is 23.9 Å². The maximum absolute atomic E-state index is 5.49. The predicted molar refractivity (Wildman–Crippen MR) is 107 cm³/mol. The molecule has 4 aromatic rings. The lowest BCUT2D eigenvalue weighted by molar-refractivity contribution is 0.391. The molecular weight excluding hydrogens is 374 g/mol. The molecule has 0 radical (unpaired) electrons. The van der Waals surface area contributed by atoms with Crippen molar-refractivity contribution in [2.45, 2.75) is 31.2 Å². The van der Waals surface area contributed by atoms with E-state index < -0.39 is 0 Å². The molecule has 7 nitrogen and oxygen atoms in total. The van der Waals surface area contributed by atoms with E-state index in [9.17, 15) is 0 Å². The van der Waals surface area contributed by atoms with Crippen LogP contribution in [-0.4, -0.2) is 25.3 Å². The number of rotatable bonds is 7. The van der Waals surface area contributed by atoms with E-state index in [0.29, 0.717) is 28.4 Å². The zero-order chi connectivity index (χ0) is 19.3. The zero-order valence-electron chi connectivity index (χ0n) is 15.5. The maximum Gasteiger partial charge on any atom is 0.237 e. The summed E-state index contributed by atoms with van der Waals surface area (Å²) < 4.78 is 10.8. The lowest BCUT2D eigenvalue weighted by atomic mass is 10.1.